The number of thiazole rings is 1. The molecule has 0 amide bonds. The van der Waals surface area contributed by atoms with Crippen molar-refractivity contribution in [3.05, 3.63) is 91.0 Å². The summed E-state index contributed by atoms with van der Waals surface area (Å²) in [4.78, 5) is 31.8. The zero-order chi connectivity index (χ0) is 26.3. The second-order valence-corrected chi connectivity index (χ2v) is 9.44. The van der Waals surface area contributed by atoms with Gasteiger partial charge in [-0.1, -0.05) is 47.7 Å². The quantitative estimate of drug-likeness (QED) is 0.393. The van der Waals surface area contributed by atoms with E-state index >= 15 is 0 Å². The molecule has 188 valence electrons. The summed E-state index contributed by atoms with van der Waals surface area (Å²) in [5, 5.41) is 22.4. The SMILES string of the molecule is CCOC(=O)C1=C(C)n2c(s/c(=C\c3c(O)ccc4ccccc34)c2=O)=N[C@H]1c1ccc(O)c(OC)c1. The molecular formula is C28H24N2O6S. The van der Waals surface area contributed by atoms with E-state index in [2.05, 4.69) is 0 Å². The van der Waals surface area contributed by atoms with Gasteiger partial charge >= 0.3 is 5.97 Å². The molecular weight excluding hydrogens is 492 g/mol. The molecule has 1 aliphatic rings. The number of carbonyl (C=O) groups excluding carboxylic acids is 1. The molecule has 5 rings (SSSR count). The average Bonchev–Trinajstić information content (AvgIpc) is 3.21. The zero-order valence-electron chi connectivity index (χ0n) is 20.4. The summed E-state index contributed by atoms with van der Waals surface area (Å²) in [6.45, 7) is 3.55. The van der Waals surface area contributed by atoms with E-state index in [0.717, 1.165) is 10.8 Å². The third-order valence-electron chi connectivity index (χ3n) is 6.28. The molecule has 37 heavy (non-hydrogen) atoms. The van der Waals surface area contributed by atoms with Crippen LogP contribution in [0, 0.1) is 0 Å². The van der Waals surface area contributed by atoms with Crippen LogP contribution in [0.2, 0.25) is 0 Å². The summed E-state index contributed by atoms with van der Waals surface area (Å²) in [6, 6.07) is 15.0. The van der Waals surface area contributed by atoms with Gasteiger partial charge in [-0.3, -0.25) is 9.36 Å². The van der Waals surface area contributed by atoms with E-state index in [9.17, 15) is 19.8 Å². The lowest BCUT2D eigenvalue weighted by molar-refractivity contribution is -0.138. The molecule has 0 fully saturated rings. The molecule has 0 bridgehead atoms. The molecule has 1 aromatic heterocycles. The van der Waals surface area contributed by atoms with E-state index in [1.807, 2.05) is 30.3 Å². The van der Waals surface area contributed by atoms with Crippen molar-refractivity contribution in [2.75, 3.05) is 13.7 Å². The van der Waals surface area contributed by atoms with Crippen LogP contribution in [-0.4, -0.2) is 34.5 Å². The highest BCUT2D eigenvalue weighted by Gasteiger charge is 2.32. The van der Waals surface area contributed by atoms with E-state index in [1.165, 1.54) is 29.1 Å². The lowest BCUT2D eigenvalue weighted by atomic mass is 9.96. The number of methoxy groups -OCH3 is 1. The number of allylic oxidation sites excluding steroid dienone is 1. The van der Waals surface area contributed by atoms with Crippen LogP contribution in [-0.2, 0) is 9.53 Å². The topological polar surface area (TPSA) is 110 Å². The van der Waals surface area contributed by atoms with Crippen LogP contribution in [0.15, 0.2) is 70.0 Å². The first kappa shape index (κ1) is 24.3. The highest BCUT2D eigenvalue weighted by atomic mass is 32.1. The minimum atomic E-state index is -0.773. The highest BCUT2D eigenvalue weighted by molar-refractivity contribution is 7.07. The van der Waals surface area contributed by atoms with E-state index in [-0.39, 0.29) is 35.0 Å². The lowest BCUT2D eigenvalue weighted by Crippen LogP contribution is -2.35. The first-order chi connectivity index (χ1) is 17.8. The Kier molecular flexibility index (Phi) is 6.31. The number of esters is 1. The summed E-state index contributed by atoms with van der Waals surface area (Å²) in [5.74, 6) is -0.329. The molecule has 2 N–H and O–H groups in total. The summed E-state index contributed by atoms with van der Waals surface area (Å²) in [7, 11) is 1.44. The Labute approximate surface area is 215 Å². The molecule has 2 heterocycles. The molecule has 0 spiro atoms. The highest BCUT2D eigenvalue weighted by Crippen LogP contribution is 2.36. The van der Waals surface area contributed by atoms with Gasteiger partial charge in [0.05, 0.1) is 23.8 Å². The number of nitrogens with zero attached hydrogens (tertiary/aromatic N) is 2. The fraction of sp³-hybridized carbons (Fsp3) is 0.179. The summed E-state index contributed by atoms with van der Waals surface area (Å²) >= 11 is 1.17. The van der Waals surface area contributed by atoms with E-state index in [0.29, 0.717) is 26.2 Å². The van der Waals surface area contributed by atoms with Gasteiger partial charge in [0.1, 0.15) is 11.8 Å². The van der Waals surface area contributed by atoms with Gasteiger partial charge in [0, 0.05) is 11.3 Å². The minimum Gasteiger partial charge on any atom is -0.507 e. The summed E-state index contributed by atoms with van der Waals surface area (Å²) < 4.78 is 12.3. The number of aromatic hydroxyl groups is 2. The molecule has 3 aromatic carbocycles. The molecule has 4 aromatic rings. The molecule has 0 aliphatic carbocycles. The van der Waals surface area contributed by atoms with Crippen LogP contribution in [0.25, 0.3) is 22.5 Å². The Morgan fingerprint density at radius 2 is 1.89 bits per heavy atom. The number of benzene rings is 3. The summed E-state index contributed by atoms with van der Waals surface area (Å²) in [6.07, 6.45) is 1.65. The van der Waals surface area contributed by atoms with Crippen LogP contribution >= 0.6 is 11.3 Å². The van der Waals surface area contributed by atoms with E-state index in [1.54, 1.807) is 38.1 Å². The van der Waals surface area contributed by atoms with Gasteiger partial charge in [0.25, 0.3) is 5.56 Å². The number of phenolic OH excluding ortho intramolecular Hbond substituents is 2. The van der Waals surface area contributed by atoms with Gasteiger partial charge in [-0.2, -0.15) is 0 Å². The van der Waals surface area contributed by atoms with E-state index in [4.69, 9.17) is 14.5 Å². The van der Waals surface area contributed by atoms with Crippen molar-refractivity contribution >= 4 is 39.9 Å². The molecule has 1 atom stereocenters. The number of rotatable bonds is 5. The monoisotopic (exact) mass is 516 g/mol. The number of carbonyl (C=O) groups is 1. The van der Waals surface area contributed by atoms with Gasteiger partial charge in [-0.05, 0) is 54.5 Å². The Hall–Kier alpha value is -4.37. The maximum Gasteiger partial charge on any atom is 0.338 e. The second-order valence-electron chi connectivity index (χ2n) is 8.44. The van der Waals surface area contributed by atoms with Gasteiger partial charge in [-0.25, -0.2) is 9.79 Å². The van der Waals surface area contributed by atoms with Crippen molar-refractivity contribution in [2.24, 2.45) is 4.99 Å². The van der Waals surface area contributed by atoms with Crippen LogP contribution in [0.1, 0.15) is 31.0 Å². The number of phenols is 2. The van der Waals surface area contributed by atoms with Crippen LogP contribution < -0.4 is 19.6 Å². The van der Waals surface area contributed by atoms with Gasteiger partial charge < -0.3 is 19.7 Å². The van der Waals surface area contributed by atoms with Crippen LogP contribution in [0.5, 0.6) is 17.2 Å². The predicted molar refractivity (Wildman–Crippen MR) is 141 cm³/mol. The van der Waals surface area contributed by atoms with Crippen molar-refractivity contribution in [3.8, 4) is 17.2 Å². The Balaban J connectivity index is 1.77. The predicted octanol–water partition coefficient (Wildman–Crippen LogP) is 3.48. The zero-order valence-corrected chi connectivity index (χ0v) is 21.2. The maximum absolute atomic E-state index is 13.6. The first-order valence-electron chi connectivity index (χ1n) is 11.6. The second kappa shape index (κ2) is 9.59. The Morgan fingerprint density at radius 3 is 2.65 bits per heavy atom. The molecule has 0 saturated carbocycles. The lowest BCUT2D eigenvalue weighted by Gasteiger charge is -2.22. The van der Waals surface area contributed by atoms with Crippen molar-refractivity contribution in [3.63, 3.8) is 0 Å². The van der Waals surface area contributed by atoms with Crippen molar-refractivity contribution < 1.29 is 24.5 Å². The molecule has 0 saturated heterocycles. The van der Waals surface area contributed by atoms with Crippen molar-refractivity contribution in [1.29, 1.82) is 0 Å². The molecule has 9 heteroatoms. The number of hydrogen-bond donors (Lipinski definition) is 2. The molecule has 8 nitrogen and oxygen atoms in total. The minimum absolute atomic E-state index is 0.0414. The first-order valence-corrected chi connectivity index (χ1v) is 12.4. The molecule has 1 aliphatic heterocycles. The van der Waals surface area contributed by atoms with Crippen molar-refractivity contribution in [1.82, 2.24) is 4.57 Å². The molecule has 0 radical (unpaired) electrons. The largest absolute Gasteiger partial charge is 0.507 e. The maximum atomic E-state index is 13.6. The number of hydrogen-bond acceptors (Lipinski definition) is 8. The van der Waals surface area contributed by atoms with E-state index < -0.39 is 12.0 Å². The summed E-state index contributed by atoms with van der Waals surface area (Å²) in [5.41, 5.74) is 1.41. The fourth-order valence-corrected chi connectivity index (χ4v) is 5.51. The Morgan fingerprint density at radius 1 is 1.14 bits per heavy atom. The smallest absolute Gasteiger partial charge is 0.338 e. The third kappa shape index (κ3) is 4.17. The van der Waals surface area contributed by atoms with Gasteiger partial charge in [0.2, 0.25) is 0 Å². The third-order valence-corrected chi connectivity index (χ3v) is 7.27. The van der Waals surface area contributed by atoms with Gasteiger partial charge in [-0.15, -0.1) is 0 Å². The van der Waals surface area contributed by atoms with Crippen molar-refractivity contribution in [2.45, 2.75) is 19.9 Å². The standard InChI is InChI=1S/C28H24N2O6S/c1-4-36-27(34)24-15(2)30-26(33)23(14-19-18-8-6-5-7-16(18)9-11-20(19)31)37-28(30)29-25(24)17-10-12-21(32)22(13-17)35-3/h5-14,25,31-32H,4H2,1-3H3/b23-14-/t25-/m0/s1. The number of aromatic nitrogens is 1. The average molecular weight is 517 g/mol. The number of fused-ring (bicyclic) bond motifs is 2. The molecule has 0 unspecified atom stereocenters. The number of ether oxygens (including phenoxy) is 2. The Bertz CT molecular complexity index is 1770. The fourth-order valence-electron chi connectivity index (χ4n) is 4.49. The van der Waals surface area contributed by atoms with Crippen LogP contribution in [0.4, 0.5) is 0 Å². The van der Waals surface area contributed by atoms with Gasteiger partial charge in [0.15, 0.2) is 16.3 Å². The van der Waals surface area contributed by atoms with Crippen LogP contribution in [0.3, 0.4) is 0 Å². The normalized spacial score (nSPS) is 15.4.